The molecule has 39 heavy (non-hydrogen) atoms. The highest BCUT2D eigenvalue weighted by molar-refractivity contribution is 7.89. The van der Waals surface area contributed by atoms with E-state index in [0.29, 0.717) is 5.69 Å². The van der Waals surface area contributed by atoms with Gasteiger partial charge in [0.05, 0.1) is 23.3 Å². The van der Waals surface area contributed by atoms with Crippen molar-refractivity contribution in [3.63, 3.8) is 0 Å². The number of halogens is 4. The molecule has 8 nitrogen and oxygen atoms in total. The lowest BCUT2D eigenvalue weighted by atomic mass is 9.95. The molecule has 0 bridgehead atoms. The smallest absolute Gasteiger partial charge is 0.293 e. The van der Waals surface area contributed by atoms with Gasteiger partial charge in [-0.05, 0) is 60.5 Å². The van der Waals surface area contributed by atoms with E-state index in [1.54, 1.807) is 35.0 Å². The molecule has 0 N–H and O–H groups in total. The minimum absolute atomic E-state index is 0.0259. The lowest BCUT2D eigenvalue weighted by Crippen LogP contribution is -2.52. The number of hydrogen-bond acceptors (Lipinski definition) is 5. The number of piperazine rings is 1. The second-order valence-electron chi connectivity index (χ2n) is 9.94. The summed E-state index contributed by atoms with van der Waals surface area (Å²) in [6.45, 7) is 2.86. The number of aromatic nitrogens is 4. The number of alkyl halides is 3. The highest BCUT2D eigenvalue weighted by atomic mass is 32.2. The maximum Gasteiger partial charge on any atom is 0.392 e. The van der Waals surface area contributed by atoms with Crippen LogP contribution in [0.5, 0.6) is 0 Å². The number of aryl methyl sites for hydroxylation is 2. The maximum absolute atomic E-state index is 13.5. The Bertz CT molecular complexity index is 1600. The molecule has 2 aromatic carbocycles. The fourth-order valence-electron chi connectivity index (χ4n) is 4.99. The quantitative estimate of drug-likeness (QED) is 0.324. The van der Waals surface area contributed by atoms with Crippen molar-refractivity contribution >= 4 is 20.9 Å². The molecule has 0 radical (unpaired) electrons. The van der Waals surface area contributed by atoms with E-state index in [2.05, 4.69) is 10.2 Å². The number of nitrogens with zero attached hydrogens (tertiary/aromatic N) is 6. The topological polar surface area (TPSA) is 76.3 Å². The van der Waals surface area contributed by atoms with Crippen LogP contribution in [0.3, 0.4) is 0 Å². The number of hydrogen-bond donors (Lipinski definition) is 0. The van der Waals surface area contributed by atoms with Crippen LogP contribution in [0.1, 0.15) is 24.1 Å². The molecular formula is C26H28F4N6O2S. The first kappa shape index (κ1) is 27.3. The Hall–Kier alpha value is -3.29. The van der Waals surface area contributed by atoms with Gasteiger partial charge in [0, 0.05) is 50.9 Å². The zero-order valence-electron chi connectivity index (χ0n) is 21.6. The highest BCUT2D eigenvalue weighted by Gasteiger charge is 2.42. The van der Waals surface area contributed by atoms with Crippen LogP contribution in [0.25, 0.3) is 16.6 Å². The Labute approximate surface area is 223 Å². The van der Waals surface area contributed by atoms with Crippen molar-refractivity contribution in [2.75, 3.05) is 26.2 Å². The van der Waals surface area contributed by atoms with E-state index in [1.807, 2.05) is 19.1 Å². The van der Waals surface area contributed by atoms with Gasteiger partial charge in [-0.3, -0.25) is 9.58 Å². The van der Waals surface area contributed by atoms with Gasteiger partial charge in [-0.25, -0.2) is 17.5 Å². The fourth-order valence-corrected chi connectivity index (χ4v) is 6.38. The molecule has 1 aliphatic rings. The first-order valence-electron chi connectivity index (χ1n) is 12.4. The molecule has 3 heterocycles. The van der Waals surface area contributed by atoms with Gasteiger partial charge < -0.3 is 0 Å². The molecule has 1 aliphatic heterocycles. The summed E-state index contributed by atoms with van der Waals surface area (Å²) < 4.78 is 85.1. The van der Waals surface area contributed by atoms with Gasteiger partial charge in [0.1, 0.15) is 5.82 Å². The first-order chi connectivity index (χ1) is 18.3. The summed E-state index contributed by atoms with van der Waals surface area (Å²) in [6.07, 6.45) is -1.21. The molecule has 1 saturated heterocycles. The van der Waals surface area contributed by atoms with Crippen molar-refractivity contribution in [3.05, 3.63) is 71.8 Å². The Morgan fingerprint density at radius 3 is 2.46 bits per heavy atom. The molecule has 1 unspecified atom stereocenters. The normalized spacial score (nSPS) is 18.6. The zero-order valence-corrected chi connectivity index (χ0v) is 22.4. The van der Waals surface area contributed by atoms with Crippen LogP contribution in [0.4, 0.5) is 17.6 Å². The van der Waals surface area contributed by atoms with E-state index in [-0.39, 0.29) is 37.0 Å². The lowest BCUT2D eigenvalue weighted by molar-refractivity contribution is -0.176. The fraction of sp³-hybridized carbons (Fsp3) is 0.385. The Balaban J connectivity index is 1.54. The number of fused-ring (bicyclic) bond motifs is 1. The second kappa shape index (κ2) is 10.0. The molecule has 4 aromatic rings. The van der Waals surface area contributed by atoms with Gasteiger partial charge in [-0.1, -0.05) is 6.92 Å². The summed E-state index contributed by atoms with van der Waals surface area (Å²) >= 11 is 0. The SMILES string of the molecule is Cc1cc2c(cnn2-c2ccc(F)cc2)cc1[C@H]1CN(S(=O)(=O)c2ccn(C)n2)CCN1CC(C)C(F)(F)F. The van der Waals surface area contributed by atoms with Gasteiger partial charge in [0.2, 0.25) is 0 Å². The lowest BCUT2D eigenvalue weighted by Gasteiger charge is -2.42. The summed E-state index contributed by atoms with van der Waals surface area (Å²) in [5, 5.41) is 9.10. The van der Waals surface area contributed by atoms with E-state index < -0.39 is 28.2 Å². The number of sulfonamides is 1. The molecule has 5 rings (SSSR count). The summed E-state index contributed by atoms with van der Waals surface area (Å²) in [7, 11) is -2.33. The summed E-state index contributed by atoms with van der Waals surface area (Å²) in [5.41, 5.74) is 2.89. The predicted octanol–water partition coefficient (Wildman–Crippen LogP) is 4.45. The number of benzene rings is 2. The monoisotopic (exact) mass is 564 g/mol. The Morgan fingerprint density at radius 2 is 1.82 bits per heavy atom. The minimum Gasteiger partial charge on any atom is -0.293 e. The standard InChI is InChI=1S/C26H28F4N6O2S/c1-17-12-23-19(14-31-36(23)21-6-4-20(27)5-7-21)13-22(17)24-16-35(39(37,38)25-8-9-33(3)32-25)11-10-34(24)15-18(2)26(28,29)30/h4-9,12-14,18,24H,10-11,15-16H2,1-3H3/t18?,24-/m1/s1. The Morgan fingerprint density at radius 1 is 1.10 bits per heavy atom. The van der Waals surface area contributed by atoms with Crippen molar-refractivity contribution in [1.29, 1.82) is 0 Å². The van der Waals surface area contributed by atoms with Crippen molar-refractivity contribution in [2.24, 2.45) is 13.0 Å². The van der Waals surface area contributed by atoms with Gasteiger partial charge in [-0.2, -0.15) is 27.7 Å². The molecule has 2 aromatic heterocycles. The van der Waals surface area contributed by atoms with Crippen LogP contribution < -0.4 is 0 Å². The van der Waals surface area contributed by atoms with Gasteiger partial charge in [0.25, 0.3) is 10.0 Å². The van der Waals surface area contributed by atoms with Crippen molar-refractivity contribution < 1.29 is 26.0 Å². The summed E-state index contributed by atoms with van der Waals surface area (Å²) in [4.78, 5) is 1.71. The van der Waals surface area contributed by atoms with Crippen LogP contribution in [-0.4, -0.2) is 69.5 Å². The molecule has 0 aliphatic carbocycles. The maximum atomic E-state index is 13.5. The zero-order chi connectivity index (χ0) is 28.1. The van der Waals surface area contributed by atoms with Gasteiger partial charge in [0.15, 0.2) is 5.03 Å². The summed E-state index contributed by atoms with van der Waals surface area (Å²) in [6, 6.07) is 10.4. The van der Waals surface area contributed by atoms with E-state index in [9.17, 15) is 26.0 Å². The second-order valence-corrected chi connectivity index (χ2v) is 11.8. The third-order valence-corrected chi connectivity index (χ3v) is 8.96. The van der Waals surface area contributed by atoms with E-state index in [4.69, 9.17) is 0 Å². The molecule has 0 amide bonds. The average Bonchev–Trinajstić information content (AvgIpc) is 3.50. The Kier molecular flexibility index (Phi) is 7.02. The van der Waals surface area contributed by atoms with Gasteiger partial charge >= 0.3 is 6.18 Å². The van der Waals surface area contributed by atoms with Crippen molar-refractivity contribution in [2.45, 2.75) is 31.1 Å². The highest BCUT2D eigenvalue weighted by Crippen LogP contribution is 2.36. The largest absolute Gasteiger partial charge is 0.392 e. The third kappa shape index (κ3) is 5.30. The molecule has 13 heteroatoms. The predicted molar refractivity (Wildman–Crippen MR) is 137 cm³/mol. The van der Waals surface area contributed by atoms with E-state index in [0.717, 1.165) is 29.0 Å². The van der Waals surface area contributed by atoms with Crippen LogP contribution in [0, 0.1) is 18.7 Å². The molecule has 1 fully saturated rings. The van der Waals surface area contributed by atoms with Gasteiger partial charge in [-0.15, -0.1) is 0 Å². The first-order valence-corrected chi connectivity index (χ1v) is 13.8. The average molecular weight is 565 g/mol. The van der Waals surface area contributed by atoms with Crippen molar-refractivity contribution in [1.82, 2.24) is 28.8 Å². The summed E-state index contributed by atoms with van der Waals surface area (Å²) in [5.74, 6) is -1.96. The molecule has 2 atom stereocenters. The molecule has 208 valence electrons. The van der Waals surface area contributed by atoms with E-state index in [1.165, 1.54) is 33.4 Å². The molecule has 0 saturated carbocycles. The molecular weight excluding hydrogens is 536 g/mol. The van der Waals surface area contributed by atoms with Crippen LogP contribution in [0.15, 0.2) is 59.9 Å². The minimum atomic E-state index is -4.38. The van der Waals surface area contributed by atoms with E-state index >= 15 is 0 Å². The van der Waals surface area contributed by atoms with Crippen LogP contribution in [0.2, 0.25) is 0 Å². The van der Waals surface area contributed by atoms with Crippen LogP contribution >= 0.6 is 0 Å². The van der Waals surface area contributed by atoms with Crippen molar-refractivity contribution in [3.8, 4) is 5.69 Å². The molecule has 0 spiro atoms. The number of rotatable bonds is 6. The van der Waals surface area contributed by atoms with Crippen LogP contribution in [-0.2, 0) is 17.1 Å². The third-order valence-electron chi connectivity index (χ3n) is 7.20.